The van der Waals surface area contributed by atoms with Gasteiger partial charge in [0.05, 0.1) is 28.6 Å². The van der Waals surface area contributed by atoms with Crippen molar-refractivity contribution in [2.75, 3.05) is 11.1 Å². The van der Waals surface area contributed by atoms with Crippen molar-refractivity contribution >= 4 is 23.5 Å². The molecule has 0 radical (unpaired) electrons. The lowest BCUT2D eigenvalue weighted by Crippen LogP contribution is -2.15. The molecule has 0 aliphatic carbocycles. The molecule has 0 fully saturated rings. The Morgan fingerprint density at radius 3 is 2.72 bits per heavy atom. The lowest BCUT2D eigenvalue weighted by Gasteiger charge is -2.13. The lowest BCUT2D eigenvalue weighted by atomic mass is 10.1. The Morgan fingerprint density at radius 1 is 1.28 bits per heavy atom. The predicted molar refractivity (Wildman–Crippen MR) is 94.4 cm³/mol. The third kappa shape index (κ3) is 2.82. The van der Waals surface area contributed by atoms with E-state index in [9.17, 15) is 9.18 Å². The summed E-state index contributed by atoms with van der Waals surface area (Å²) < 4.78 is 16.6. The summed E-state index contributed by atoms with van der Waals surface area (Å²) in [6.45, 7) is 1.96. The molecule has 0 spiro atoms. The zero-order valence-electron chi connectivity index (χ0n) is 13.7. The summed E-state index contributed by atoms with van der Waals surface area (Å²) in [6, 6.07) is 6.02. The second-order valence-corrected chi connectivity index (χ2v) is 7.01. The van der Waals surface area contributed by atoms with E-state index in [2.05, 4.69) is 15.5 Å². The summed E-state index contributed by atoms with van der Waals surface area (Å²) in [4.78, 5) is 12.2. The van der Waals surface area contributed by atoms with Crippen molar-refractivity contribution in [2.45, 2.75) is 12.2 Å². The monoisotopic (exact) mass is 357 g/mol. The fourth-order valence-corrected chi connectivity index (χ4v) is 4.16. The van der Waals surface area contributed by atoms with Gasteiger partial charge in [-0.3, -0.25) is 9.48 Å². The average molecular weight is 357 g/mol. The van der Waals surface area contributed by atoms with E-state index < -0.39 is 0 Å². The molecule has 4 rings (SSSR count). The van der Waals surface area contributed by atoms with Crippen LogP contribution in [0.2, 0.25) is 0 Å². The van der Waals surface area contributed by atoms with Gasteiger partial charge in [0, 0.05) is 24.4 Å². The van der Waals surface area contributed by atoms with Crippen molar-refractivity contribution in [3.63, 3.8) is 0 Å². The van der Waals surface area contributed by atoms with E-state index in [-0.39, 0.29) is 17.0 Å². The first kappa shape index (κ1) is 15.9. The topological polar surface area (TPSA) is 64.7 Å². The van der Waals surface area contributed by atoms with E-state index in [1.165, 1.54) is 12.1 Å². The van der Waals surface area contributed by atoms with Gasteiger partial charge >= 0.3 is 0 Å². The quantitative estimate of drug-likeness (QED) is 0.766. The number of aryl methyl sites for hydroxylation is 2. The van der Waals surface area contributed by atoms with Crippen LogP contribution in [0, 0.1) is 12.7 Å². The molecule has 8 heteroatoms. The lowest BCUT2D eigenvalue weighted by molar-refractivity contribution is -0.113. The summed E-state index contributed by atoms with van der Waals surface area (Å²) in [5, 5.41) is 11.7. The molecule has 1 unspecified atom stereocenters. The molecule has 1 amide bonds. The van der Waals surface area contributed by atoms with Crippen molar-refractivity contribution in [1.29, 1.82) is 0 Å². The number of anilines is 1. The molecule has 1 aromatic carbocycles. The minimum Gasteiger partial charge on any atom is -0.310 e. The molecule has 1 aliphatic heterocycles. The molecule has 3 heterocycles. The molecule has 25 heavy (non-hydrogen) atoms. The predicted octanol–water partition coefficient (Wildman–Crippen LogP) is 2.83. The maximum Gasteiger partial charge on any atom is 0.235 e. The minimum absolute atomic E-state index is 0.0446. The highest BCUT2D eigenvalue weighted by Crippen LogP contribution is 2.42. The van der Waals surface area contributed by atoms with Gasteiger partial charge in [0.15, 0.2) is 0 Å². The van der Waals surface area contributed by atoms with Gasteiger partial charge in [-0.1, -0.05) is 0 Å². The summed E-state index contributed by atoms with van der Waals surface area (Å²) in [5.41, 5.74) is 3.59. The molecule has 128 valence electrons. The van der Waals surface area contributed by atoms with Gasteiger partial charge in [0.1, 0.15) is 11.6 Å². The first-order valence-corrected chi connectivity index (χ1v) is 8.83. The van der Waals surface area contributed by atoms with Crippen LogP contribution in [0.1, 0.15) is 22.1 Å². The Hall–Kier alpha value is -2.61. The molecule has 0 saturated carbocycles. The fraction of sp³-hybridized carbons (Fsp3) is 0.235. The van der Waals surface area contributed by atoms with Crippen LogP contribution >= 0.6 is 11.8 Å². The Kier molecular flexibility index (Phi) is 3.84. The maximum atomic E-state index is 13.2. The van der Waals surface area contributed by atoms with E-state index in [0.717, 1.165) is 16.8 Å². The van der Waals surface area contributed by atoms with Crippen LogP contribution in [-0.4, -0.2) is 31.2 Å². The van der Waals surface area contributed by atoms with Crippen LogP contribution < -0.4 is 5.32 Å². The first-order valence-electron chi connectivity index (χ1n) is 7.78. The number of hydrogen-bond donors (Lipinski definition) is 1. The Morgan fingerprint density at radius 2 is 2.04 bits per heavy atom. The second-order valence-electron chi connectivity index (χ2n) is 5.92. The van der Waals surface area contributed by atoms with Gasteiger partial charge in [0.2, 0.25) is 5.91 Å². The summed E-state index contributed by atoms with van der Waals surface area (Å²) in [7, 11) is 1.88. The highest BCUT2D eigenvalue weighted by Gasteiger charge is 2.30. The highest BCUT2D eigenvalue weighted by atomic mass is 32.2. The smallest absolute Gasteiger partial charge is 0.235 e. The number of rotatable bonds is 2. The number of aromatic nitrogens is 4. The zero-order chi connectivity index (χ0) is 17.6. The Bertz CT molecular complexity index is 947. The maximum absolute atomic E-state index is 13.2. The number of halogens is 1. The van der Waals surface area contributed by atoms with Crippen molar-refractivity contribution in [3.8, 4) is 5.69 Å². The van der Waals surface area contributed by atoms with Crippen LogP contribution in [0.3, 0.4) is 0 Å². The summed E-state index contributed by atoms with van der Waals surface area (Å²) >= 11 is 1.55. The minimum atomic E-state index is -0.314. The number of carbonyl (C=O) groups is 1. The van der Waals surface area contributed by atoms with Crippen LogP contribution in [0.25, 0.3) is 5.69 Å². The van der Waals surface area contributed by atoms with Gasteiger partial charge in [0.25, 0.3) is 0 Å². The van der Waals surface area contributed by atoms with Gasteiger partial charge in [-0.05, 0) is 31.2 Å². The molecular weight excluding hydrogens is 341 g/mol. The number of amides is 1. The van der Waals surface area contributed by atoms with E-state index in [4.69, 9.17) is 0 Å². The number of benzene rings is 1. The van der Waals surface area contributed by atoms with Crippen LogP contribution in [0.4, 0.5) is 10.2 Å². The van der Waals surface area contributed by atoms with Crippen molar-refractivity contribution < 1.29 is 9.18 Å². The molecule has 2 aromatic heterocycles. The molecule has 1 aliphatic rings. The number of fused-ring (bicyclic) bond motifs is 1. The van der Waals surface area contributed by atoms with Crippen LogP contribution in [0.15, 0.2) is 36.7 Å². The van der Waals surface area contributed by atoms with E-state index in [1.54, 1.807) is 39.5 Å². The normalized spacial score (nSPS) is 17.1. The second kappa shape index (κ2) is 6.03. The van der Waals surface area contributed by atoms with Gasteiger partial charge in [-0.15, -0.1) is 11.8 Å². The highest BCUT2D eigenvalue weighted by molar-refractivity contribution is 8.00. The van der Waals surface area contributed by atoms with Crippen molar-refractivity contribution in [2.24, 2.45) is 7.05 Å². The molecule has 1 atom stereocenters. The molecule has 0 bridgehead atoms. The molecule has 1 N–H and O–H groups in total. The molecule has 3 aromatic rings. The fourth-order valence-electron chi connectivity index (χ4n) is 3.01. The first-order chi connectivity index (χ1) is 12.0. The standard InChI is InChI=1S/C17H16FN5OS/c1-10-14(8-22(2)21-10)16-13-7-19-23(12-5-3-11(18)4-6-12)17(13)20-15(24)9-25-16/h3-8,16H,9H2,1-2H3,(H,20,24). The summed E-state index contributed by atoms with van der Waals surface area (Å²) in [6.07, 6.45) is 3.73. The summed E-state index contributed by atoms with van der Waals surface area (Å²) in [5.74, 6) is 0.566. The zero-order valence-corrected chi connectivity index (χ0v) is 14.5. The average Bonchev–Trinajstić information content (AvgIpc) is 3.08. The van der Waals surface area contributed by atoms with E-state index >= 15 is 0 Å². The third-order valence-electron chi connectivity index (χ3n) is 4.12. The SMILES string of the molecule is Cc1nn(C)cc1C1SCC(=O)Nc2c1cnn2-c1ccc(F)cc1. The van der Waals surface area contributed by atoms with Crippen LogP contribution in [-0.2, 0) is 11.8 Å². The van der Waals surface area contributed by atoms with Crippen molar-refractivity contribution in [1.82, 2.24) is 19.6 Å². The Labute approximate surface area is 148 Å². The number of nitrogens with zero attached hydrogens (tertiary/aromatic N) is 4. The van der Waals surface area contributed by atoms with Gasteiger partial charge < -0.3 is 5.32 Å². The number of thioether (sulfide) groups is 1. The van der Waals surface area contributed by atoms with E-state index in [0.29, 0.717) is 17.3 Å². The van der Waals surface area contributed by atoms with Crippen molar-refractivity contribution in [3.05, 3.63) is 59.3 Å². The number of hydrogen-bond acceptors (Lipinski definition) is 4. The molecule has 0 saturated heterocycles. The molecule has 6 nitrogen and oxygen atoms in total. The number of nitrogens with one attached hydrogen (secondary N) is 1. The largest absolute Gasteiger partial charge is 0.310 e. The van der Waals surface area contributed by atoms with Gasteiger partial charge in [-0.25, -0.2) is 9.07 Å². The van der Waals surface area contributed by atoms with E-state index in [1.807, 2.05) is 20.2 Å². The third-order valence-corrected chi connectivity index (χ3v) is 5.39. The molecular formula is C17H16FN5OS. The Balaban J connectivity index is 1.84. The van der Waals surface area contributed by atoms with Crippen LogP contribution in [0.5, 0.6) is 0 Å². The number of carbonyl (C=O) groups excluding carboxylic acids is 1. The van der Waals surface area contributed by atoms with Gasteiger partial charge in [-0.2, -0.15) is 10.2 Å².